The fraction of sp³-hybridized carbons (Fsp3) is 0.647. The van der Waals surface area contributed by atoms with Crippen molar-refractivity contribution in [2.45, 2.75) is 46.3 Å². The highest BCUT2D eigenvalue weighted by atomic mass is 15.3. The van der Waals surface area contributed by atoms with Crippen molar-refractivity contribution in [3.8, 4) is 0 Å². The van der Waals surface area contributed by atoms with Gasteiger partial charge in [0.05, 0.1) is 0 Å². The smallest absolute Gasteiger partial charge is 0.0412 e. The van der Waals surface area contributed by atoms with E-state index in [1.807, 2.05) is 0 Å². The van der Waals surface area contributed by atoms with Crippen LogP contribution < -0.4 is 10.2 Å². The molecule has 1 saturated heterocycles. The summed E-state index contributed by atoms with van der Waals surface area (Å²) in [4.78, 5) is 5.10. The summed E-state index contributed by atoms with van der Waals surface area (Å²) in [7, 11) is 0. The van der Waals surface area contributed by atoms with Gasteiger partial charge in [-0.15, -0.1) is 0 Å². The van der Waals surface area contributed by atoms with Gasteiger partial charge in [0.2, 0.25) is 0 Å². The van der Waals surface area contributed by atoms with Gasteiger partial charge >= 0.3 is 0 Å². The molecule has 2 rings (SSSR count). The molecule has 1 aromatic rings. The average Bonchev–Trinajstić information content (AvgIpc) is 2.45. The lowest BCUT2D eigenvalue weighted by molar-refractivity contribution is 0.209. The third-order valence-corrected chi connectivity index (χ3v) is 4.08. The number of benzene rings is 1. The van der Waals surface area contributed by atoms with Gasteiger partial charge < -0.3 is 10.2 Å². The van der Waals surface area contributed by atoms with E-state index in [4.69, 9.17) is 0 Å². The Morgan fingerprint density at radius 3 is 2.25 bits per heavy atom. The van der Waals surface area contributed by atoms with Crippen LogP contribution in [-0.4, -0.2) is 43.2 Å². The molecule has 20 heavy (non-hydrogen) atoms. The van der Waals surface area contributed by atoms with Crippen molar-refractivity contribution in [3.63, 3.8) is 0 Å². The summed E-state index contributed by atoms with van der Waals surface area (Å²) in [6, 6.07) is 10.0. The molecule has 1 aliphatic heterocycles. The first kappa shape index (κ1) is 15.3. The van der Waals surface area contributed by atoms with Crippen LogP contribution in [0.4, 0.5) is 5.69 Å². The summed E-state index contributed by atoms with van der Waals surface area (Å²) in [6.07, 6.45) is 0. The Kier molecular flexibility index (Phi) is 5.44. The first-order valence-electron chi connectivity index (χ1n) is 7.88. The molecule has 0 radical (unpaired) electrons. The SMILES string of the molecule is CC(C)NCc1ccccc1N1CCN(C(C)C)CC1. The Balaban J connectivity index is 2.02. The van der Waals surface area contributed by atoms with Gasteiger partial charge in [0, 0.05) is 50.5 Å². The van der Waals surface area contributed by atoms with Gasteiger partial charge in [-0.1, -0.05) is 32.0 Å². The maximum Gasteiger partial charge on any atom is 0.0412 e. The topological polar surface area (TPSA) is 18.5 Å². The first-order valence-corrected chi connectivity index (χ1v) is 7.88. The Morgan fingerprint density at radius 2 is 1.65 bits per heavy atom. The molecule has 0 spiro atoms. The zero-order chi connectivity index (χ0) is 14.5. The number of rotatable bonds is 5. The predicted molar refractivity (Wildman–Crippen MR) is 87.3 cm³/mol. The van der Waals surface area contributed by atoms with Crippen LogP contribution in [0.15, 0.2) is 24.3 Å². The van der Waals surface area contributed by atoms with Gasteiger partial charge in [-0.2, -0.15) is 0 Å². The molecule has 0 aliphatic carbocycles. The van der Waals surface area contributed by atoms with Crippen LogP contribution in [0.3, 0.4) is 0 Å². The second kappa shape index (κ2) is 7.09. The monoisotopic (exact) mass is 275 g/mol. The minimum Gasteiger partial charge on any atom is -0.369 e. The van der Waals surface area contributed by atoms with Crippen LogP contribution in [0.1, 0.15) is 33.3 Å². The van der Waals surface area contributed by atoms with E-state index < -0.39 is 0 Å². The number of para-hydroxylation sites is 1. The maximum absolute atomic E-state index is 3.53. The Hall–Kier alpha value is -1.06. The summed E-state index contributed by atoms with van der Waals surface area (Å²) >= 11 is 0. The van der Waals surface area contributed by atoms with Crippen molar-refractivity contribution < 1.29 is 0 Å². The van der Waals surface area contributed by atoms with E-state index in [-0.39, 0.29) is 0 Å². The van der Waals surface area contributed by atoms with Gasteiger partial charge in [-0.3, -0.25) is 4.90 Å². The van der Waals surface area contributed by atoms with E-state index >= 15 is 0 Å². The molecule has 1 heterocycles. The van der Waals surface area contributed by atoms with Crippen molar-refractivity contribution in [3.05, 3.63) is 29.8 Å². The van der Waals surface area contributed by atoms with E-state index in [1.165, 1.54) is 24.3 Å². The van der Waals surface area contributed by atoms with Crippen molar-refractivity contribution in [2.75, 3.05) is 31.1 Å². The van der Waals surface area contributed by atoms with Crippen LogP contribution in [0, 0.1) is 0 Å². The van der Waals surface area contributed by atoms with E-state index in [0.29, 0.717) is 12.1 Å². The summed E-state index contributed by atoms with van der Waals surface area (Å²) in [5.74, 6) is 0. The third kappa shape index (κ3) is 3.97. The van der Waals surface area contributed by atoms with Gasteiger partial charge in [0.25, 0.3) is 0 Å². The quantitative estimate of drug-likeness (QED) is 0.891. The molecule has 0 amide bonds. The zero-order valence-corrected chi connectivity index (χ0v) is 13.4. The molecule has 112 valence electrons. The highest BCUT2D eigenvalue weighted by molar-refractivity contribution is 5.54. The fourth-order valence-corrected chi connectivity index (χ4v) is 2.76. The van der Waals surface area contributed by atoms with Gasteiger partial charge in [-0.05, 0) is 25.5 Å². The Labute approximate surface area is 124 Å². The zero-order valence-electron chi connectivity index (χ0n) is 13.4. The fourth-order valence-electron chi connectivity index (χ4n) is 2.76. The third-order valence-electron chi connectivity index (χ3n) is 4.08. The number of piperazine rings is 1. The van der Waals surface area contributed by atoms with Crippen molar-refractivity contribution in [1.82, 2.24) is 10.2 Å². The Morgan fingerprint density at radius 1 is 1.00 bits per heavy atom. The minimum absolute atomic E-state index is 0.529. The Bertz CT molecular complexity index is 406. The summed E-state index contributed by atoms with van der Waals surface area (Å²) in [5.41, 5.74) is 2.82. The van der Waals surface area contributed by atoms with Crippen LogP contribution >= 0.6 is 0 Å². The lowest BCUT2D eigenvalue weighted by atomic mass is 10.1. The molecule has 3 heteroatoms. The number of anilines is 1. The highest BCUT2D eigenvalue weighted by Crippen LogP contribution is 2.22. The van der Waals surface area contributed by atoms with E-state index in [9.17, 15) is 0 Å². The summed E-state index contributed by atoms with van der Waals surface area (Å²) < 4.78 is 0. The molecule has 0 aromatic heterocycles. The number of hydrogen-bond acceptors (Lipinski definition) is 3. The molecule has 3 nitrogen and oxygen atoms in total. The van der Waals surface area contributed by atoms with Crippen LogP contribution in [-0.2, 0) is 6.54 Å². The second-order valence-corrected chi connectivity index (χ2v) is 6.28. The largest absolute Gasteiger partial charge is 0.369 e. The molecule has 0 bridgehead atoms. The van der Waals surface area contributed by atoms with Crippen LogP contribution in [0.5, 0.6) is 0 Å². The number of hydrogen-bond donors (Lipinski definition) is 1. The standard InChI is InChI=1S/C17H29N3/c1-14(2)18-13-16-7-5-6-8-17(16)20-11-9-19(10-12-20)15(3)4/h5-8,14-15,18H,9-13H2,1-4H3. The van der Waals surface area contributed by atoms with Gasteiger partial charge in [0.15, 0.2) is 0 Å². The van der Waals surface area contributed by atoms with Crippen molar-refractivity contribution >= 4 is 5.69 Å². The predicted octanol–water partition coefficient (Wildman–Crippen LogP) is 2.72. The molecule has 0 unspecified atom stereocenters. The van der Waals surface area contributed by atoms with E-state index in [0.717, 1.165) is 19.6 Å². The molecule has 1 aromatic carbocycles. The highest BCUT2D eigenvalue weighted by Gasteiger charge is 2.20. The molecular weight excluding hydrogens is 246 g/mol. The lowest BCUT2D eigenvalue weighted by Crippen LogP contribution is -2.49. The number of nitrogens with one attached hydrogen (secondary N) is 1. The minimum atomic E-state index is 0.529. The second-order valence-electron chi connectivity index (χ2n) is 6.28. The average molecular weight is 275 g/mol. The van der Waals surface area contributed by atoms with Gasteiger partial charge in [0.1, 0.15) is 0 Å². The molecule has 0 saturated carbocycles. The van der Waals surface area contributed by atoms with Crippen molar-refractivity contribution in [2.24, 2.45) is 0 Å². The summed E-state index contributed by atoms with van der Waals surface area (Å²) in [5, 5.41) is 3.53. The lowest BCUT2D eigenvalue weighted by Gasteiger charge is -2.39. The molecule has 0 atom stereocenters. The van der Waals surface area contributed by atoms with Crippen molar-refractivity contribution in [1.29, 1.82) is 0 Å². The van der Waals surface area contributed by atoms with E-state index in [2.05, 4.69) is 67.1 Å². The number of nitrogens with zero attached hydrogens (tertiary/aromatic N) is 2. The van der Waals surface area contributed by atoms with Crippen LogP contribution in [0.25, 0.3) is 0 Å². The normalized spacial score (nSPS) is 17.2. The molecular formula is C17H29N3. The van der Waals surface area contributed by atoms with E-state index in [1.54, 1.807) is 0 Å². The van der Waals surface area contributed by atoms with Gasteiger partial charge in [-0.25, -0.2) is 0 Å². The first-order chi connectivity index (χ1) is 9.58. The van der Waals surface area contributed by atoms with Crippen LogP contribution in [0.2, 0.25) is 0 Å². The molecule has 1 aliphatic rings. The summed E-state index contributed by atoms with van der Waals surface area (Å²) in [6.45, 7) is 14.5. The maximum atomic E-state index is 3.53. The molecule has 1 fully saturated rings. The molecule has 1 N–H and O–H groups in total.